The van der Waals surface area contributed by atoms with Crippen LogP contribution in [0.1, 0.15) is 18.1 Å². The normalized spacial score (nSPS) is 11.3. The number of hydrogen-bond donors (Lipinski definition) is 2. The van der Waals surface area contributed by atoms with Gasteiger partial charge < -0.3 is 5.32 Å². The smallest absolute Gasteiger partial charge is 0.241 e. The minimum atomic E-state index is -3.72. The molecule has 5 nitrogen and oxygen atoms in total. The maximum absolute atomic E-state index is 12.2. The van der Waals surface area contributed by atoms with Gasteiger partial charge in [-0.05, 0) is 48.7 Å². The Morgan fingerprint density at radius 2 is 1.79 bits per heavy atom. The van der Waals surface area contributed by atoms with Crippen LogP contribution in [0.4, 0.5) is 5.69 Å². The van der Waals surface area contributed by atoms with Crippen molar-refractivity contribution in [2.45, 2.75) is 25.2 Å². The van der Waals surface area contributed by atoms with Gasteiger partial charge in [0, 0.05) is 10.7 Å². The number of anilines is 1. The number of carbonyl (C=O) groups is 1. The first-order valence-electron chi connectivity index (χ1n) is 7.46. The summed E-state index contributed by atoms with van der Waals surface area (Å²) in [5.41, 5.74) is 2.45. The first-order chi connectivity index (χ1) is 11.3. The van der Waals surface area contributed by atoms with Gasteiger partial charge in [0.1, 0.15) is 0 Å². The van der Waals surface area contributed by atoms with Crippen LogP contribution in [-0.4, -0.2) is 20.9 Å². The van der Waals surface area contributed by atoms with Gasteiger partial charge in [-0.3, -0.25) is 4.79 Å². The largest absolute Gasteiger partial charge is 0.325 e. The lowest BCUT2D eigenvalue weighted by atomic mass is 10.2. The van der Waals surface area contributed by atoms with Crippen molar-refractivity contribution in [1.82, 2.24) is 4.72 Å². The average molecular weight is 367 g/mol. The molecule has 0 spiro atoms. The fraction of sp³-hybridized carbons (Fsp3) is 0.235. The van der Waals surface area contributed by atoms with E-state index in [4.69, 9.17) is 11.6 Å². The molecule has 24 heavy (non-hydrogen) atoms. The van der Waals surface area contributed by atoms with Crippen molar-refractivity contribution in [3.63, 3.8) is 0 Å². The van der Waals surface area contributed by atoms with Crippen LogP contribution in [0.5, 0.6) is 0 Å². The van der Waals surface area contributed by atoms with Crippen molar-refractivity contribution in [3.8, 4) is 0 Å². The van der Waals surface area contributed by atoms with Crippen molar-refractivity contribution in [1.29, 1.82) is 0 Å². The van der Waals surface area contributed by atoms with E-state index >= 15 is 0 Å². The summed E-state index contributed by atoms with van der Waals surface area (Å²) in [5.74, 6) is -0.469. The molecule has 0 unspecified atom stereocenters. The zero-order valence-corrected chi connectivity index (χ0v) is 15.0. The number of nitrogens with one attached hydrogen (secondary N) is 2. The van der Waals surface area contributed by atoms with Gasteiger partial charge in [0.05, 0.1) is 11.4 Å². The van der Waals surface area contributed by atoms with Crippen LogP contribution < -0.4 is 10.0 Å². The molecular formula is C17H19ClN2O3S. The van der Waals surface area contributed by atoms with E-state index in [1.807, 2.05) is 13.8 Å². The van der Waals surface area contributed by atoms with Gasteiger partial charge in [0.2, 0.25) is 15.9 Å². The number of amides is 1. The van der Waals surface area contributed by atoms with Crippen LogP contribution in [0.2, 0.25) is 5.02 Å². The molecule has 0 aliphatic carbocycles. The van der Waals surface area contributed by atoms with E-state index in [9.17, 15) is 13.2 Å². The topological polar surface area (TPSA) is 75.3 Å². The molecule has 0 heterocycles. The number of benzene rings is 2. The van der Waals surface area contributed by atoms with E-state index in [1.54, 1.807) is 30.3 Å². The molecule has 0 saturated carbocycles. The molecule has 1 amide bonds. The molecule has 0 aliphatic heterocycles. The van der Waals surface area contributed by atoms with Crippen LogP contribution in [0.15, 0.2) is 47.4 Å². The standard InChI is InChI=1S/C17H19ClN2O3S/c1-3-13-5-8-15(9-6-13)24(22,23)19-11-17(21)20-14-7-4-12(2)16(18)10-14/h4-10,19H,3,11H2,1-2H3,(H,20,21). The molecule has 7 heteroatoms. The molecule has 0 bridgehead atoms. The number of sulfonamides is 1. The second kappa shape index (κ2) is 7.79. The Morgan fingerprint density at radius 3 is 2.38 bits per heavy atom. The molecule has 0 saturated heterocycles. The van der Waals surface area contributed by atoms with Gasteiger partial charge in [-0.25, -0.2) is 13.1 Å². The van der Waals surface area contributed by atoms with E-state index in [1.165, 1.54) is 12.1 Å². The van der Waals surface area contributed by atoms with Crippen LogP contribution in [0.25, 0.3) is 0 Å². The second-order valence-electron chi connectivity index (χ2n) is 5.33. The molecule has 2 N–H and O–H groups in total. The van der Waals surface area contributed by atoms with Crippen LogP contribution in [0.3, 0.4) is 0 Å². The zero-order valence-electron chi connectivity index (χ0n) is 13.5. The highest BCUT2D eigenvalue weighted by Gasteiger charge is 2.15. The molecular weight excluding hydrogens is 348 g/mol. The Hall–Kier alpha value is -1.89. The SMILES string of the molecule is CCc1ccc(S(=O)(=O)NCC(=O)Nc2ccc(C)c(Cl)c2)cc1. The summed E-state index contributed by atoms with van der Waals surface area (Å²) in [6.45, 7) is 3.48. The van der Waals surface area contributed by atoms with E-state index < -0.39 is 15.9 Å². The minimum Gasteiger partial charge on any atom is -0.325 e. The highest BCUT2D eigenvalue weighted by molar-refractivity contribution is 7.89. The minimum absolute atomic E-state index is 0.130. The lowest BCUT2D eigenvalue weighted by Gasteiger charge is -2.09. The summed E-state index contributed by atoms with van der Waals surface area (Å²) in [7, 11) is -3.72. The second-order valence-corrected chi connectivity index (χ2v) is 7.51. The maximum atomic E-state index is 12.2. The van der Waals surface area contributed by atoms with Crippen molar-refractivity contribution in [2.75, 3.05) is 11.9 Å². The summed E-state index contributed by atoms with van der Waals surface area (Å²) in [6, 6.07) is 11.7. The van der Waals surface area contributed by atoms with Gasteiger partial charge in [-0.15, -0.1) is 0 Å². The average Bonchev–Trinajstić information content (AvgIpc) is 2.56. The number of aryl methyl sites for hydroxylation is 2. The molecule has 2 aromatic carbocycles. The lowest BCUT2D eigenvalue weighted by Crippen LogP contribution is -2.32. The van der Waals surface area contributed by atoms with Gasteiger partial charge in [0.25, 0.3) is 0 Å². The quantitative estimate of drug-likeness (QED) is 0.824. The molecule has 128 valence electrons. The molecule has 0 aromatic heterocycles. The Balaban J connectivity index is 1.97. The fourth-order valence-electron chi connectivity index (χ4n) is 2.02. The third kappa shape index (κ3) is 4.80. The van der Waals surface area contributed by atoms with E-state index in [0.29, 0.717) is 10.7 Å². The highest BCUT2D eigenvalue weighted by Crippen LogP contribution is 2.19. The van der Waals surface area contributed by atoms with Crippen LogP contribution in [0, 0.1) is 6.92 Å². The summed E-state index contributed by atoms with van der Waals surface area (Å²) in [5, 5.41) is 3.13. The summed E-state index contributed by atoms with van der Waals surface area (Å²) in [4.78, 5) is 12.0. The maximum Gasteiger partial charge on any atom is 0.241 e. The van der Waals surface area contributed by atoms with E-state index in [0.717, 1.165) is 17.5 Å². The Kier molecular flexibility index (Phi) is 5.99. The third-order valence-corrected chi connectivity index (χ3v) is 5.34. The summed E-state index contributed by atoms with van der Waals surface area (Å²) >= 11 is 5.99. The number of halogens is 1. The number of hydrogen-bond acceptors (Lipinski definition) is 3. The number of rotatable bonds is 6. The van der Waals surface area contributed by atoms with Crippen molar-refractivity contribution in [2.24, 2.45) is 0 Å². The highest BCUT2D eigenvalue weighted by atomic mass is 35.5. The van der Waals surface area contributed by atoms with Gasteiger partial charge >= 0.3 is 0 Å². The summed E-state index contributed by atoms with van der Waals surface area (Å²) < 4.78 is 26.6. The zero-order chi connectivity index (χ0) is 17.7. The third-order valence-electron chi connectivity index (χ3n) is 3.52. The fourth-order valence-corrected chi connectivity index (χ4v) is 3.19. The molecule has 0 fully saturated rings. The monoisotopic (exact) mass is 366 g/mol. The van der Waals surface area contributed by atoms with Gasteiger partial charge in [-0.2, -0.15) is 0 Å². The van der Waals surface area contributed by atoms with Crippen LogP contribution in [-0.2, 0) is 21.2 Å². The molecule has 2 rings (SSSR count). The number of carbonyl (C=O) groups excluding carboxylic acids is 1. The first kappa shape index (κ1) is 18.4. The Labute approximate surface area is 147 Å². The Morgan fingerprint density at radius 1 is 1.12 bits per heavy atom. The van der Waals surface area contributed by atoms with Crippen molar-refractivity contribution in [3.05, 3.63) is 58.6 Å². The molecule has 0 atom stereocenters. The van der Waals surface area contributed by atoms with Crippen molar-refractivity contribution < 1.29 is 13.2 Å². The first-order valence-corrected chi connectivity index (χ1v) is 9.32. The van der Waals surface area contributed by atoms with Gasteiger partial charge in [0.15, 0.2) is 0 Å². The predicted octanol–water partition coefficient (Wildman–Crippen LogP) is 3.13. The molecule has 2 aromatic rings. The molecule has 0 radical (unpaired) electrons. The predicted molar refractivity (Wildman–Crippen MR) is 95.8 cm³/mol. The van der Waals surface area contributed by atoms with E-state index in [2.05, 4.69) is 10.0 Å². The van der Waals surface area contributed by atoms with Crippen molar-refractivity contribution >= 4 is 33.2 Å². The van der Waals surface area contributed by atoms with Gasteiger partial charge in [-0.1, -0.05) is 36.7 Å². The molecule has 0 aliphatic rings. The van der Waals surface area contributed by atoms with E-state index in [-0.39, 0.29) is 11.4 Å². The lowest BCUT2D eigenvalue weighted by molar-refractivity contribution is -0.115. The Bertz CT molecular complexity index is 833. The summed E-state index contributed by atoms with van der Waals surface area (Å²) in [6.07, 6.45) is 0.829. The van der Waals surface area contributed by atoms with Crippen LogP contribution >= 0.6 is 11.6 Å².